The van der Waals surface area contributed by atoms with Crippen molar-refractivity contribution in [3.63, 3.8) is 0 Å². The number of benzene rings is 2. The second-order valence-electron chi connectivity index (χ2n) is 6.84. The molecule has 0 N–H and O–H groups in total. The lowest BCUT2D eigenvalue weighted by molar-refractivity contribution is 0.0745. The molecule has 1 saturated heterocycles. The highest BCUT2D eigenvalue weighted by atomic mass is 19.2. The highest BCUT2D eigenvalue weighted by Gasteiger charge is 2.25. The number of hydrogen-bond acceptors (Lipinski definition) is 3. The summed E-state index contributed by atoms with van der Waals surface area (Å²) < 4.78 is 28.5. The lowest BCUT2D eigenvalue weighted by Gasteiger charge is -2.35. The van der Waals surface area contributed by atoms with E-state index in [4.69, 9.17) is 0 Å². The van der Waals surface area contributed by atoms with Gasteiger partial charge in [0, 0.05) is 49.8 Å². The first-order chi connectivity index (χ1) is 13.5. The van der Waals surface area contributed by atoms with Gasteiger partial charge in [0.15, 0.2) is 11.6 Å². The molecule has 2 aromatic carbocycles. The number of amides is 1. The highest BCUT2D eigenvalue weighted by molar-refractivity contribution is 5.94. The number of piperazine rings is 1. The number of aryl methyl sites for hydroxylation is 1. The van der Waals surface area contributed by atoms with Crippen LogP contribution < -0.4 is 4.90 Å². The third-order valence-corrected chi connectivity index (χ3v) is 4.95. The van der Waals surface area contributed by atoms with Gasteiger partial charge in [0.1, 0.15) is 0 Å². The molecule has 5 nitrogen and oxygen atoms in total. The van der Waals surface area contributed by atoms with Crippen LogP contribution in [0.2, 0.25) is 0 Å². The minimum atomic E-state index is -1.01. The van der Waals surface area contributed by atoms with Gasteiger partial charge in [-0.3, -0.25) is 9.36 Å². The Morgan fingerprint density at radius 3 is 2.36 bits per heavy atom. The Kier molecular flexibility index (Phi) is 4.81. The Bertz CT molecular complexity index is 992. The van der Waals surface area contributed by atoms with Gasteiger partial charge in [-0.1, -0.05) is 17.7 Å². The Morgan fingerprint density at radius 2 is 1.68 bits per heavy atom. The third kappa shape index (κ3) is 3.47. The zero-order valence-electron chi connectivity index (χ0n) is 15.5. The summed E-state index contributed by atoms with van der Waals surface area (Å²) in [5.41, 5.74) is 2.38. The van der Waals surface area contributed by atoms with Crippen molar-refractivity contribution >= 4 is 11.9 Å². The fourth-order valence-corrected chi connectivity index (χ4v) is 3.36. The van der Waals surface area contributed by atoms with Crippen molar-refractivity contribution in [2.75, 3.05) is 31.1 Å². The van der Waals surface area contributed by atoms with Crippen LogP contribution in [-0.4, -0.2) is 46.5 Å². The molecule has 2 heterocycles. The molecular weight excluding hydrogens is 362 g/mol. The van der Waals surface area contributed by atoms with Gasteiger partial charge >= 0.3 is 0 Å². The maximum atomic E-state index is 13.4. The van der Waals surface area contributed by atoms with Gasteiger partial charge in [0.2, 0.25) is 5.95 Å². The quantitative estimate of drug-likeness (QED) is 0.697. The van der Waals surface area contributed by atoms with Crippen LogP contribution in [0.25, 0.3) is 5.69 Å². The molecule has 0 atom stereocenters. The van der Waals surface area contributed by atoms with E-state index in [0.717, 1.165) is 23.8 Å². The molecule has 1 aromatic heterocycles. The summed E-state index contributed by atoms with van der Waals surface area (Å²) in [5, 5.41) is 0. The molecule has 0 spiro atoms. The monoisotopic (exact) mass is 382 g/mol. The van der Waals surface area contributed by atoms with E-state index >= 15 is 0 Å². The molecule has 144 valence electrons. The zero-order valence-corrected chi connectivity index (χ0v) is 15.5. The van der Waals surface area contributed by atoms with Crippen molar-refractivity contribution in [2.45, 2.75) is 6.92 Å². The number of halogens is 2. The molecule has 0 saturated carbocycles. The summed E-state index contributed by atoms with van der Waals surface area (Å²) >= 11 is 0. The molecule has 1 amide bonds. The van der Waals surface area contributed by atoms with Crippen LogP contribution >= 0.6 is 0 Å². The minimum Gasteiger partial charge on any atom is -0.338 e. The number of aromatic nitrogens is 2. The molecular formula is C21H20F2N4O. The standard InChI is InChI=1S/C21H20F2N4O/c1-15-2-5-17(6-3-15)27-9-8-24-21(27)26-12-10-25(11-13-26)20(28)16-4-7-18(22)19(23)14-16/h2-9,14H,10-13H2,1H3. The molecule has 0 radical (unpaired) electrons. The summed E-state index contributed by atoms with van der Waals surface area (Å²) in [5.74, 6) is -1.43. The normalized spacial score (nSPS) is 14.4. The average molecular weight is 382 g/mol. The molecule has 1 aliphatic rings. The summed E-state index contributed by atoms with van der Waals surface area (Å²) in [7, 11) is 0. The number of rotatable bonds is 3. The second kappa shape index (κ2) is 7.42. The minimum absolute atomic E-state index is 0.161. The molecule has 0 aliphatic carbocycles. The Labute approximate surface area is 161 Å². The van der Waals surface area contributed by atoms with Crippen molar-refractivity contribution in [2.24, 2.45) is 0 Å². The lowest BCUT2D eigenvalue weighted by Crippen LogP contribution is -2.49. The van der Waals surface area contributed by atoms with E-state index in [1.807, 2.05) is 29.8 Å². The van der Waals surface area contributed by atoms with Gasteiger partial charge in [-0.05, 0) is 37.3 Å². The number of anilines is 1. The smallest absolute Gasteiger partial charge is 0.254 e. The molecule has 3 aromatic rings. The van der Waals surface area contributed by atoms with Crippen LogP contribution in [0, 0.1) is 18.6 Å². The van der Waals surface area contributed by atoms with E-state index in [9.17, 15) is 13.6 Å². The zero-order chi connectivity index (χ0) is 19.7. The van der Waals surface area contributed by atoms with Gasteiger partial charge in [-0.2, -0.15) is 0 Å². The van der Waals surface area contributed by atoms with Crippen LogP contribution in [0.4, 0.5) is 14.7 Å². The Balaban J connectivity index is 1.46. The predicted molar refractivity (Wildman–Crippen MR) is 103 cm³/mol. The Hall–Kier alpha value is -3.22. The molecule has 7 heteroatoms. The van der Waals surface area contributed by atoms with Crippen molar-refractivity contribution in [3.05, 3.63) is 77.6 Å². The number of imidazole rings is 1. The van der Waals surface area contributed by atoms with E-state index < -0.39 is 11.6 Å². The topological polar surface area (TPSA) is 41.4 Å². The van der Waals surface area contributed by atoms with Crippen molar-refractivity contribution in [3.8, 4) is 5.69 Å². The van der Waals surface area contributed by atoms with Crippen molar-refractivity contribution in [1.29, 1.82) is 0 Å². The van der Waals surface area contributed by atoms with Crippen LogP contribution in [0.5, 0.6) is 0 Å². The van der Waals surface area contributed by atoms with Crippen LogP contribution in [0.15, 0.2) is 54.9 Å². The molecule has 4 rings (SSSR count). The van der Waals surface area contributed by atoms with Gasteiger partial charge < -0.3 is 9.80 Å². The summed E-state index contributed by atoms with van der Waals surface area (Å²) in [4.78, 5) is 20.8. The SMILES string of the molecule is Cc1ccc(-n2ccnc2N2CCN(C(=O)c3ccc(F)c(F)c3)CC2)cc1. The molecule has 0 unspecified atom stereocenters. The van der Waals surface area contributed by atoms with E-state index in [2.05, 4.69) is 22.0 Å². The van der Waals surface area contributed by atoms with E-state index in [1.165, 1.54) is 11.6 Å². The molecule has 1 fully saturated rings. The fourth-order valence-electron chi connectivity index (χ4n) is 3.36. The van der Waals surface area contributed by atoms with Crippen LogP contribution in [-0.2, 0) is 0 Å². The molecule has 0 bridgehead atoms. The first-order valence-corrected chi connectivity index (χ1v) is 9.12. The van der Waals surface area contributed by atoms with E-state index in [-0.39, 0.29) is 11.5 Å². The number of hydrogen-bond donors (Lipinski definition) is 0. The first-order valence-electron chi connectivity index (χ1n) is 9.12. The number of carbonyl (C=O) groups excluding carboxylic acids is 1. The second-order valence-corrected chi connectivity index (χ2v) is 6.84. The van der Waals surface area contributed by atoms with Gasteiger partial charge in [0.05, 0.1) is 0 Å². The summed E-state index contributed by atoms with van der Waals surface area (Å²) in [6.07, 6.45) is 3.67. The molecule has 1 aliphatic heterocycles. The average Bonchev–Trinajstić information content (AvgIpc) is 3.20. The molecule has 28 heavy (non-hydrogen) atoms. The maximum absolute atomic E-state index is 13.4. The van der Waals surface area contributed by atoms with Crippen molar-refractivity contribution < 1.29 is 13.6 Å². The van der Waals surface area contributed by atoms with Crippen LogP contribution in [0.1, 0.15) is 15.9 Å². The van der Waals surface area contributed by atoms with Crippen LogP contribution in [0.3, 0.4) is 0 Å². The van der Waals surface area contributed by atoms with E-state index in [1.54, 1.807) is 11.1 Å². The summed E-state index contributed by atoms with van der Waals surface area (Å²) in [6, 6.07) is 11.4. The first kappa shape index (κ1) is 18.2. The van der Waals surface area contributed by atoms with Gasteiger partial charge in [0.25, 0.3) is 5.91 Å². The van der Waals surface area contributed by atoms with Gasteiger partial charge in [-0.25, -0.2) is 13.8 Å². The predicted octanol–water partition coefficient (Wildman–Crippen LogP) is 3.42. The largest absolute Gasteiger partial charge is 0.338 e. The Morgan fingerprint density at radius 1 is 0.964 bits per heavy atom. The number of carbonyl (C=O) groups is 1. The number of nitrogens with zero attached hydrogens (tertiary/aromatic N) is 4. The summed E-state index contributed by atoms with van der Waals surface area (Å²) in [6.45, 7) is 4.23. The van der Waals surface area contributed by atoms with Crippen molar-refractivity contribution in [1.82, 2.24) is 14.5 Å². The lowest BCUT2D eigenvalue weighted by atomic mass is 10.1. The highest BCUT2D eigenvalue weighted by Crippen LogP contribution is 2.21. The maximum Gasteiger partial charge on any atom is 0.254 e. The van der Waals surface area contributed by atoms with Gasteiger partial charge in [-0.15, -0.1) is 0 Å². The third-order valence-electron chi connectivity index (χ3n) is 4.95. The van der Waals surface area contributed by atoms with E-state index in [0.29, 0.717) is 26.2 Å². The fraction of sp³-hybridized carbons (Fsp3) is 0.238.